The van der Waals surface area contributed by atoms with Crippen molar-refractivity contribution in [2.24, 2.45) is 0 Å². The van der Waals surface area contributed by atoms with Crippen molar-refractivity contribution in [3.8, 4) is 0 Å². The highest BCUT2D eigenvalue weighted by Gasteiger charge is 2.30. The van der Waals surface area contributed by atoms with Crippen LogP contribution < -0.4 is 5.32 Å². The number of morpholine rings is 1. The van der Waals surface area contributed by atoms with Crippen LogP contribution in [0.15, 0.2) is 35.2 Å². The van der Waals surface area contributed by atoms with Crippen LogP contribution >= 0.6 is 23.2 Å². The summed E-state index contributed by atoms with van der Waals surface area (Å²) >= 11 is 12.5. The molecule has 1 amide bonds. The summed E-state index contributed by atoms with van der Waals surface area (Å²) in [7, 11) is -3.88. The van der Waals surface area contributed by atoms with Gasteiger partial charge in [-0.15, -0.1) is 0 Å². The topological polar surface area (TPSA) is 75.7 Å². The maximum Gasteiger partial charge on any atom is 0.257 e. The van der Waals surface area contributed by atoms with Crippen molar-refractivity contribution in [1.29, 1.82) is 0 Å². The number of nitrogens with zero attached hydrogens (tertiary/aromatic N) is 1. The molecule has 0 radical (unpaired) electrons. The summed E-state index contributed by atoms with van der Waals surface area (Å²) in [5, 5.41) is 2.99. The van der Waals surface area contributed by atoms with Gasteiger partial charge in [0, 0.05) is 18.8 Å². The molecule has 0 bridgehead atoms. The highest BCUT2D eigenvalue weighted by molar-refractivity contribution is 7.89. The fraction of sp³-hybridized carbons (Fsp3) is 0.381. The Morgan fingerprint density at radius 2 is 1.67 bits per heavy atom. The van der Waals surface area contributed by atoms with Crippen LogP contribution in [0.25, 0.3) is 0 Å². The first-order valence-electron chi connectivity index (χ1n) is 9.78. The normalized spacial score (nSPS) is 15.2. The van der Waals surface area contributed by atoms with Gasteiger partial charge < -0.3 is 10.1 Å². The minimum atomic E-state index is -3.88. The van der Waals surface area contributed by atoms with Gasteiger partial charge in [0.25, 0.3) is 5.91 Å². The van der Waals surface area contributed by atoms with Gasteiger partial charge in [-0.2, -0.15) is 4.31 Å². The molecule has 3 rings (SSSR count). The lowest BCUT2D eigenvalue weighted by Gasteiger charge is -2.26. The maximum atomic E-state index is 13.1. The van der Waals surface area contributed by atoms with Crippen molar-refractivity contribution in [3.63, 3.8) is 0 Å². The third-order valence-electron chi connectivity index (χ3n) is 5.09. The molecule has 6 nitrogen and oxygen atoms in total. The predicted molar refractivity (Wildman–Crippen MR) is 119 cm³/mol. The van der Waals surface area contributed by atoms with E-state index < -0.39 is 15.9 Å². The Bertz CT molecular complexity index is 1030. The van der Waals surface area contributed by atoms with Gasteiger partial charge in [0.05, 0.1) is 28.8 Å². The van der Waals surface area contributed by atoms with E-state index in [1.807, 2.05) is 32.0 Å². The van der Waals surface area contributed by atoms with Crippen LogP contribution in [0.4, 0.5) is 5.69 Å². The fourth-order valence-corrected chi connectivity index (χ4v) is 5.65. The van der Waals surface area contributed by atoms with Crippen molar-refractivity contribution >= 4 is 44.8 Å². The SMILES string of the molecule is CCc1cccc(CC)c1NC(=O)c1cc(S(=O)(=O)N2CCOCC2)c(Cl)cc1Cl. The predicted octanol–water partition coefficient (Wildman–Crippen LogP) is 4.39. The summed E-state index contributed by atoms with van der Waals surface area (Å²) < 4.78 is 32.7. The zero-order valence-electron chi connectivity index (χ0n) is 16.9. The molecule has 30 heavy (non-hydrogen) atoms. The van der Waals surface area contributed by atoms with Gasteiger partial charge in [-0.1, -0.05) is 55.2 Å². The van der Waals surface area contributed by atoms with E-state index in [0.717, 1.165) is 29.7 Å². The van der Waals surface area contributed by atoms with E-state index >= 15 is 0 Å². The lowest BCUT2D eigenvalue weighted by molar-refractivity contribution is 0.0730. The van der Waals surface area contributed by atoms with Crippen LogP contribution in [-0.4, -0.2) is 44.9 Å². The summed E-state index contributed by atoms with van der Waals surface area (Å²) in [5.74, 6) is -0.481. The van der Waals surface area contributed by atoms with Gasteiger partial charge in [0.2, 0.25) is 10.0 Å². The number of nitrogens with one attached hydrogen (secondary N) is 1. The Morgan fingerprint density at radius 3 is 2.23 bits per heavy atom. The molecular formula is C21H24Cl2N2O4S. The van der Waals surface area contributed by atoms with Gasteiger partial charge in [-0.3, -0.25) is 4.79 Å². The summed E-state index contributed by atoms with van der Waals surface area (Å²) in [5.41, 5.74) is 2.78. The summed E-state index contributed by atoms with van der Waals surface area (Å²) in [6, 6.07) is 8.41. The minimum Gasteiger partial charge on any atom is -0.379 e. The number of benzene rings is 2. The van der Waals surface area contributed by atoms with Crippen molar-refractivity contribution in [2.45, 2.75) is 31.6 Å². The Hall–Kier alpha value is -1.64. The Labute approximate surface area is 187 Å². The molecular weight excluding hydrogens is 447 g/mol. The second kappa shape index (κ2) is 9.66. The molecule has 2 aromatic carbocycles. The van der Waals surface area contributed by atoms with Crippen molar-refractivity contribution in [3.05, 3.63) is 57.1 Å². The van der Waals surface area contributed by atoms with Crippen LogP contribution in [-0.2, 0) is 27.6 Å². The molecule has 1 saturated heterocycles. The number of sulfonamides is 1. The number of aryl methyl sites for hydroxylation is 2. The second-order valence-corrected chi connectivity index (χ2v) is 9.61. The first-order valence-corrected chi connectivity index (χ1v) is 12.0. The molecule has 1 aliphatic heterocycles. The molecule has 0 aliphatic carbocycles. The van der Waals surface area contributed by atoms with Crippen LogP contribution in [0, 0.1) is 0 Å². The van der Waals surface area contributed by atoms with Crippen LogP contribution in [0.3, 0.4) is 0 Å². The molecule has 9 heteroatoms. The lowest BCUT2D eigenvalue weighted by Crippen LogP contribution is -2.40. The number of para-hydroxylation sites is 1. The molecule has 0 aromatic heterocycles. The number of amides is 1. The zero-order valence-corrected chi connectivity index (χ0v) is 19.2. The molecule has 0 spiro atoms. The number of rotatable bonds is 6. The van der Waals surface area contributed by atoms with E-state index in [-0.39, 0.29) is 33.6 Å². The van der Waals surface area contributed by atoms with Gasteiger partial charge >= 0.3 is 0 Å². The molecule has 0 atom stereocenters. The van der Waals surface area contributed by atoms with Crippen molar-refractivity contribution in [2.75, 3.05) is 31.6 Å². The van der Waals surface area contributed by atoms with Gasteiger partial charge in [0.15, 0.2) is 0 Å². The number of anilines is 1. The molecule has 1 aliphatic rings. The summed E-state index contributed by atoms with van der Waals surface area (Å²) in [6.07, 6.45) is 1.49. The third-order valence-corrected chi connectivity index (χ3v) is 7.77. The van der Waals surface area contributed by atoms with Gasteiger partial charge in [0.1, 0.15) is 4.90 Å². The molecule has 1 heterocycles. The Morgan fingerprint density at radius 1 is 1.07 bits per heavy atom. The average molecular weight is 471 g/mol. The molecule has 1 N–H and O–H groups in total. The number of hydrogen-bond acceptors (Lipinski definition) is 4. The summed E-state index contributed by atoms with van der Waals surface area (Å²) in [4.78, 5) is 12.9. The third kappa shape index (κ3) is 4.65. The monoisotopic (exact) mass is 470 g/mol. The number of carbonyl (C=O) groups is 1. The number of halogens is 2. The molecule has 0 unspecified atom stereocenters. The Kier molecular flexibility index (Phi) is 7.42. The van der Waals surface area contributed by atoms with Crippen molar-refractivity contribution < 1.29 is 17.9 Å². The number of hydrogen-bond donors (Lipinski definition) is 1. The highest BCUT2D eigenvalue weighted by atomic mass is 35.5. The largest absolute Gasteiger partial charge is 0.379 e. The molecule has 1 fully saturated rings. The summed E-state index contributed by atoms with van der Waals surface area (Å²) in [6.45, 7) is 5.09. The molecule has 0 saturated carbocycles. The first kappa shape index (κ1) is 23.0. The van der Waals surface area contributed by atoms with E-state index in [2.05, 4.69) is 5.32 Å². The van der Waals surface area contributed by atoms with E-state index in [1.165, 1.54) is 16.4 Å². The quantitative estimate of drug-likeness (QED) is 0.678. The van der Waals surface area contributed by atoms with Crippen LogP contribution in [0.1, 0.15) is 35.3 Å². The standard InChI is InChI=1S/C21H24Cl2N2O4S/c1-3-14-6-5-7-15(4-2)20(14)24-21(26)16-12-19(18(23)13-17(16)22)30(27,28)25-8-10-29-11-9-25/h5-7,12-13H,3-4,8-11H2,1-2H3,(H,24,26). The zero-order chi connectivity index (χ0) is 21.9. The average Bonchev–Trinajstić information content (AvgIpc) is 2.74. The fourth-order valence-electron chi connectivity index (χ4n) is 3.41. The first-order chi connectivity index (χ1) is 14.3. The van der Waals surface area contributed by atoms with E-state index in [0.29, 0.717) is 13.2 Å². The van der Waals surface area contributed by atoms with Crippen molar-refractivity contribution in [1.82, 2.24) is 4.31 Å². The van der Waals surface area contributed by atoms with E-state index in [4.69, 9.17) is 27.9 Å². The van der Waals surface area contributed by atoms with E-state index in [9.17, 15) is 13.2 Å². The smallest absolute Gasteiger partial charge is 0.257 e. The lowest BCUT2D eigenvalue weighted by atomic mass is 10.0. The number of ether oxygens (including phenoxy) is 1. The van der Waals surface area contributed by atoms with Crippen LogP contribution in [0.2, 0.25) is 10.0 Å². The minimum absolute atomic E-state index is 0.0220. The second-order valence-electron chi connectivity index (χ2n) is 6.89. The highest BCUT2D eigenvalue weighted by Crippen LogP contribution is 2.32. The Balaban J connectivity index is 1.99. The maximum absolute atomic E-state index is 13.1. The van der Waals surface area contributed by atoms with E-state index in [1.54, 1.807) is 0 Å². The van der Waals surface area contributed by atoms with Gasteiger partial charge in [-0.25, -0.2) is 8.42 Å². The molecule has 162 valence electrons. The van der Waals surface area contributed by atoms with Crippen LogP contribution in [0.5, 0.6) is 0 Å². The van der Waals surface area contributed by atoms with Gasteiger partial charge in [-0.05, 0) is 36.1 Å². The molecule has 2 aromatic rings. The number of carbonyl (C=O) groups excluding carboxylic acids is 1.